The van der Waals surface area contributed by atoms with Crippen LogP contribution < -0.4 is 5.43 Å². The summed E-state index contributed by atoms with van der Waals surface area (Å²) in [5.41, 5.74) is 2.72. The van der Waals surface area contributed by atoms with Crippen LogP contribution in [0.3, 0.4) is 0 Å². The van der Waals surface area contributed by atoms with Gasteiger partial charge in [0.05, 0.1) is 0 Å². The summed E-state index contributed by atoms with van der Waals surface area (Å²) in [6, 6.07) is 0. The molecule has 0 bridgehead atoms. The molecule has 0 aromatic rings. The molecule has 6 nitrogen and oxygen atoms in total. The summed E-state index contributed by atoms with van der Waals surface area (Å²) in [6.45, 7) is 6.96. The van der Waals surface area contributed by atoms with Gasteiger partial charge >= 0.3 is 11.8 Å². The highest BCUT2D eigenvalue weighted by Gasteiger charge is 2.27. The molecule has 0 aromatic heterocycles. The Kier molecular flexibility index (Phi) is 4.76. The van der Waals surface area contributed by atoms with E-state index in [4.69, 9.17) is 0 Å². The van der Waals surface area contributed by atoms with Crippen LogP contribution in [0.25, 0.3) is 0 Å². The first-order valence-corrected chi connectivity index (χ1v) is 7.09. The first-order chi connectivity index (χ1) is 9.06. The maximum atomic E-state index is 12.0. The van der Waals surface area contributed by atoms with E-state index in [0.717, 1.165) is 39.0 Å². The summed E-state index contributed by atoms with van der Waals surface area (Å²) in [5.74, 6) is -0.213. The second-order valence-corrected chi connectivity index (χ2v) is 5.71. The van der Waals surface area contributed by atoms with E-state index in [1.54, 1.807) is 4.90 Å². The van der Waals surface area contributed by atoms with Crippen LogP contribution in [-0.2, 0) is 9.59 Å². The first kappa shape index (κ1) is 14.3. The molecule has 0 atom stereocenters. The lowest BCUT2D eigenvalue weighted by Gasteiger charge is -2.33. The van der Waals surface area contributed by atoms with E-state index in [2.05, 4.69) is 24.3 Å². The molecule has 108 valence electrons. The SMILES string of the molecule is CC1CCN(C(=O)C(=O)NN2CCN(C)CC2)CC1. The largest absolute Gasteiger partial charge is 0.334 e. The normalized spacial score (nSPS) is 23.4. The highest BCUT2D eigenvalue weighted by molar-refractivity contribution is 6.34. The van der Waals surface area contributed by atoms with E-state index in [1.165, 1.54) is 0 Å². The fraction of sp³-hybridized carbons (Fsp3) is 0.846. The van der Waals surface area contributed by atoms with E-state index in [1.807, 2.05) is 5.01 Å². The molecule has 2 aliphatic heterocycles. The number of hydrogen-bond donors (Lipinski definition) is 1. The number of amides is 2. The Morgan fingerprint density at radius 3 is 2.16 bits per heavy atom. The van der Waals surface area contributed by atoms with Crippen molar-refractivity contribution in [2.24, 2.45) is 5.92 Å². The summed E-state index contributed by atoms with van der Waals surface area (Å²) in [5, 5.41) is 1.84. The molecule has 2 aliphatic rings. The van der Waals surface area contributed by atoms with Crippen LogP contribution in [0.4, 0.5) is 0 Å². The molecular formula is C13H24N4O2. The predicted molar refractivity (Wildman–Crippen MR) is 72.2 cm³/mol. The van der Waals surface area contributed by atoms with Gasteiger partial charge in [-0.15, -0.1) is 0 Å². The zero-order valence-electron chi connectivity index (χ0n) is 11.9. The second-order valence-electron chi connectivity index (χ2n) is 5.71. The second kappa shape index (κ2) is 6.34. The minimum absolute atomic E-state index is 0.383. The third-order valence-electron chi connectivity index (χ3n) is 4.03. The molecule has 0 saturated carbocycles. The predicted octanol–water partition coefficient (Wildman–Crippen LogP) is -0.476. The van der Waals surface area contributed by atoms with Crippen molar-refractivity contribution in [3.8, 4) is 0 Å². The summed E-state index contributed by atoms with van der Waals surface area (Å²) in [7, 11) is 2.05. The maximum Gasteiger partial charge on any atom is 0.323 e. The van der Waals surface area contributed by atoms with Crippen LogP contribution in [0.5, 0.6) is 0 Å². The number of hydrogen-bond acceptors (Lipinski definition) is 4. The van der Waals surface area contributed by atoms with Gasteiger partial charge in [0, 0.05) is 39.3 Å². The molecule has 2 heterocycles. The van der Waals surface area contributed by atoms with E-state index in [9.17, 15) is 9.59 Å². The van der Waals surface area contributed by atoms with Crippen molar-refractivity contribution in [1.29, 1.82) is 0 Å². The lowest BCUT2D eigenvalue weighted by molar-refractivity contribution is -0.149. The lowest BCUT2D eigenvalue weighted by atomic mass is 9.99. The van der Waals surface area contributed by atoms with Crippen molar-refractivity contribution in [1.82, 2.24) is 20.2 Å². The van der Waals surface area contributed by atoms with Crippen LogP contribution in [0, 0.1) is 5.92 Å². The van der Waals surface area contributed by atoms with Gasteiger partial charge in [0.2, 0.25) is 0 Å². The molecular weight excluding hydrogens is 244 g/mol. The molecule has 2 rings (SSSR count). The average molecular weight is 268 g/mol. The number of carbonyl (C=O) groups is 2. The Bertz CT molecular complexity index is 332. The van der Waals surface area contributed by atoms with Gasteiger partial charge in [-0.2, -0.15) is 0 Å². The van der Waals surface area contributed by atoms with Crippen molar-refractivity contribution >= 4 is 11.8 Å². The Hall–Kier alpha value is -1.14. The Morgan fingerprint density at radius 2 is 1.58 bits per heavy atom. The third kappa shape index (κ3) is 3.91. The molecule has 0 aliphatic carbocycles. The van der Waals surface area contributed by atoms with Crippen molar-refractivity contribution in [2.45, 2.75) is 19.8 Å². The number of piperazine rings is 1. The first-order valence-electron chi connectivity index (χ1n) is 7.09. The van der Waals surface area contributed by atoms with Crippen LogP contribution in [0.15, 0.2) is 0 Å². The van der Waals surface area contributed by atoms with Gasteiger partial charge in [-0.05, 0) is 25.8 Å². The van der Waals surface area contributed by atoms with E-state index in [-0.39, 0.29) is 5.91 Å². The monoisotopic (exact) mass is 268 g/mol. The van der Waals surface area contributed by atoms with E-state index >= 15 is 0 Å². The van der Waals surface area contributed by atoms with E-state index in [0.29, 0.717) is 19.0 Å². The number of rotatable bonds is 1. The highest BCUT2D eigenvalue weighted by atomic mass is 16.2. The maximum absolute atomic E-state index is 12.0. The van der Waals surface area contributed by atoms with Crippen molar-refractivity contribution in [3.63, 3.8) is 0 Å². The molecule has 2 fully saturated rings. The molecule has 6 heteroatoms. The van der Waals surface area contributed by atoms with Crippen molar-refractivity contribution in [3.05, 3.63) is 0 Å². The molecule has 0 radical (unpaired) electrons. The zero-order valence-corrected chi connectivity index (χ0v) is 11.9. The number of likely N-dealkylation sites (N-methyl/N-ethyl adjacent to an activating group) is 1. The van der Waals surface area contributed by atoms with Gasteiger partial charge in [-0.3, -0.25) is 15.0 Å². The third-order valence-corrected chi connectivity index (χ3v) is 4.03. The van der Waals surface area contributed by atoms with Crippen LogP contribution >= 0.6 is 0 Å². The minimum atomic E-state index is -0.487. The molecule has 0 spiro atoms. The summed E-state index contributed by atoms with van der Waals surface area (Å²) < 4.78 is 0. The summed E-state index contributed by atoms with van der Waals surface area (Å²) >= 11 is 0. The Balaban J connectivity index is 1.77. The van der Waals surface area contributed by atoms with Gasteiger partial charge in [0.15, 0.2) is 0 Å². The number of nitrogens with one attached hydrogen (secondary N) is 1. The quantitative estimate of drug-likeness (QED) is 0.653. The van der Waals surface area contributed by atoms with Crippen molar-refractivity contribution < 1.29 is 9.59 Å². The van der Waals surface area contributed by atoms with Gasteiger partial charge in [0.25, 0.3) is 0 Å². The molecule has 19 heavy (non-hydrogen) atoms. The summed E-state index contributed by atoms with van der Waals surface area (Å²) in [6.07, 6.45) is 1.99. The van der Waals surface area contributed by atoms with Gasteiger partial charge in [-0.1, -0.05) is 6.92 Å². The smallest absolute Gasteiger partial charge is 0.323 e. The molecule has 2 amide bonds. The molecule has 1 N–H and O–H groups in total. The topological polar surface area (TPSA) is 55.9 Å². The standard InChI is InChI=1S/C13H24N4O2/c1-11-3-5-16(6-4-11)13(19)12(18)14-17-9-7-15(2)8-10-17/h11H,3-10H2,1-2H3,(H,14,18). The van der Waals surface area contributed by atoms with Crippen LogP contribution in [-0.4, -0.2) is 72.9 Å². The Morgan fingerprint density at radius 1 is 1.00 bits per heavy atom. The van der Waals surface area contributed by atoms with Crippen molar-refractivity contribution in [2.75, 3.05) is 46.3 Å². The number of carbonyl (C=O) groups excluding carboxylic acids is 2. The Labute approximate surface area is 114 Å². The number of nitrogens with zero attached hydrogens (tertiary/aromatic N) is 3. The number of likely N-dealkylation sites (tertiary alicyclic amines) is 1. The lowest BCUT2D eigenvalue weighted by Crippen LogP contribution is -2.56. The average Bonchev–Trinajstić information content (AvgIpc) is 2.41. The highest BCUT2D eigenvalue weighted by Crippen LogP contribution is 2.15. The number of piperidine rings is 1. The number of hydrazine groups is 1. The van der Waals surface area contributed by atoms with Crippen LogP contribution in [0.2, 0.25) is 0 Å². The molecule has 2 saturated heterocycles. The van der Waals surface area contributed by atoms with E-state index < -0.39 is 5.91 Å². The fourth-order valence-corrected chi connectivity index (χ4v) is 2.46. The fourth-order valence-electron chi connectivity index (χ4n) is 2.46. The van der Waals surface area contributed by atoms with Gasteiger partial charge in [0.1, 0.15) is 0 Å². The zero-order chi connectivity index (χ0) is 13.8. The van der Waals surface area contributed by atoms with Gasteiger partial charge in [-0.25, -0.2) is 5.01 Å². The summed E-state index contributed by atoms with van der Waals surface area (Å²) in [4.78, 5) is 27.8. The van der Waals surface area contributed by atoms with Gasteiger partial charge < -0.3 is 9.80 Å². The minimum Gasteiger partial charge on any atom is -0.334 e. The molecule has 0 aromatic carbocycles. The molecule has 0 unspecified atom stereocenters. The van der Waals surface area contributed by atoms with Crippen LogP contribution in [0.1, 0.15) is 19.8 Å².